The first-order chi connectivity index (χ1) is 13.9. The summed E-state index contributed by atoms with van der Waals surface area (Å²) in [7, 11) is 0. The Morgan fingerprint density at radius 2 is 2.10 bits per heavy atom. The van der Waals surface area contributed by atoms with Crippen molar-refractivity contribution in [3.05, 3.63) is 45.8 Å². The second-order valence-corrected chi connectivity index (χ2v) is 8.35. The Bertz CT molecular complexity index is 866. The van der Waals surface area contributed by atoms with Crippen molar-refractivity contribution in [3.63, 3.8) is 0 Å². The fourth-order valence-corrected chi connectivity index (χ4v) is 4.28. The van der Waals surface area contributed by atoms with E-state index in [-0.39, 0.29) is 29.7 Å². The average Bonchev–Trinajstić information content (AvgIpc) is 3.00. The van der Waals surface area contributed by atoms with Gasteiger partial charge in [-0.05, 0) is 58.4 Å². The third kappa shape index (κ3) is 5.09. The number of benzene rings is 1. The number of carbonyl (C=O) groups is 3. The lowest BCUT2D eigenvalue weighted by molar-refractivity contribution is -0.137. The first kappa shape index (κ1) is 21.6. The smallest absolute Gasteiger partial charge is 0.294 e. The fourth-order valence-electron chi connectivity index (χ4n) is 2.86. The Labute approximate surface area is 181 Å². The van der Waals surface area contributed by atoms with Crippen molar-refractivity contribution in [1.82, 2.24) is 9.80 Å². The number of nitrogens with zero attached hydrogens (tertiary/aromatic N) is 2. The summed E-state index contributed by atoms with van der Waals surface area (Å²) in [5.41, 5.74) is 0.737. The minimum absolute atomic E-state index is 0.0592. The van der Waals surface area contributed by atoms with Crippen LogP contribution in [0.25, 0.3) is 6.08 Å². The molecule has 154 valence electrons. The molecule has 0 N–H and O–H groups in total. The molecule has 0 bridgehead atoms. The number of hydrogen-bond donors (Lipinski definition) is 0. The van der Waals surface area contributed by atoms with Crippen molar-refractivity contribution >= 4 is 50.8 Å². The maximum absolute atomic E-state index is 12.5. The van der Waals surface area contributed by atoms with Crippen LogP contribution in [0.3, 0.4) is 0 Å². The first-order valence-corrected chi connectivity index (χ1v) is 10.7. The second kappa shape index (κ2) is 9.60. The van der Waals surface area contributed by atoms with Crippen molar-refractivity contribution in [2.75, 3.05) is 32.9 Å². The largest absolute Gasteiger partial charge is 0.483 e. The molecule has 0 unspecified atom stereocenters. The topological polar surface area (TPSA) is 76.2 Å². The van der Waals surface area contributed by atoms with Crippen LogP contribution < -0.4 is 4.74 Å². The Morgan fingerprint density at radius 1 is 1.38 bits per heavy atom. The van der Waals surface area contributed by atoms with E-state index in [1.54, 1.807) is 42.2 Å². The van der Waals surface area contributed by atoms with Gasteiger partial charge in [-0.2, -0.15) is 0 Å². The highest BCUT2D eigenvalue weighted by Gasteiger charge is 2.37. The van der Waals surface area contributed by atoms with Crippen molar-refractivity contribution in [2.24, 2.45) is 0 Å². The van der Waals surface area contributed by atoms with Gasteiger partial charge in [-0.1, -0.05) is 12.1 Å². The average molecular weight is 481 g/mol. The molecule has 1 aromatic carbocycles. The molecular weight excluding hydrogens is 460 g/mol. The molecular formula is C20H21BrN2O5S. The molecule has 3 amide bonds. The Balaban J connectivity index is 1.65. The van der Waals surface area contributed by atoms with Crippen molar-refractivity contribution in [2.45, 2.75) is 13.0 Å². The zero-order chi connectivity index (χ0) is 21.0. The van der Waals surface area contributed by atoms with Gasteiger partial charge in [0.25, 0.3) is 17.1 Å². The SMILES string of the molecule is C=C[C@@H](C)N1C(=O)S/C(=C\c2ccc(OCC(=O)N3CCOCC3)c(Br)c2)C1=O. The van der Waals surface area contributed by atoms with Crippen LogP contribution in [0, 0.1) is 0 Å². The predicted molar refractivity (Wildman–Crippen MR) is 115 cm³/mol. The van der Waals surface area contributed by atoms with Gasteiger partial charge in [-0.15, -0.1) is 6.58 Å². The summed E-state index contributed by atoms with van der Waals surface area (Å²) in [6.07, 6.45) is 3.22. The molecule has 2 saturated heterocycles. The van der Waals surface area contributed by atoms with Gasteiger partial charge in [0.15, 0.2) is 6.61 Å². The number of rotatable bonds is 6. The molecule has 29 heavy (non-hydrogen) atoms. The molecule has 0 aliphatic carbocycles. The third-order valence-corrected chi connectivity index (χ3v) is 6.04. The summed E-state index contributed by atoms with van der Waals surface area (Å²) in [6, 6.07) is 4.91. The third-order valence-electron chi connectivity index (χ3n) is 4.54. The van der Waals surface area contributed by atoms with E-state index in [4.69, 9.17) is 9.47 Å². The minimum atomic E-state index is -0.361. The standard InChI is InChI=1S/C20H21BrN2O5S/c1-3-13(2)23-19(25)17(29-20(23)26)11-14-4-5-16(15(21)10-14)28-12-18(24)22-6-8-27-9-7-22/h3-5,10-11,13H,1,6-9,12H2,2H3/b17-11-/t13-/m1/s1. The Hall–Kier alpha value is -2.10. The van der Waals surface area contributed by atoms with Gasteiger partial charge in [0, 0.05) is 13.1 Å². The molecule has 0 radical (unpaired) electrons. The van der Waals surface area contributed by atoms with E-state index in [9.17, 15) is 14.4 Å². The number of thioether (sulfide) groups is 1. The zero-order valence-electron chi connectivity index (χ0n) is 15.9. The van der Waals surface area contributed by atoms with Gasteiger partial charge in [0.2, 0.25) is 0 Å². The van der Waals surface area contributed by atoms with Gasteiger partial charge in [0.1, 0.15) is 5.75 Å². The van der Waals surface area contributed by atoms with Crippen LogP contribution in [0.1, 0.15) is 12.5 Å². The van der Waals surface area contributed by atoms with E-state index in [1.807, 2.05) is 0 Å². The maximum Gasteiger partial charge on any atom is 0.294 e. The molecule has 3 rings (SSSR count). The lowest BCUT2D eigenvalue weighted by Crippen LogP contribution is -2.43. The molecule has 1 aromatic rings. The van der Waals surface area contributed by atoms with Crippen LogP contribution in [0.15, 0.2) is 40.2 Å². The van der Waals surface area contributed by atoms with E-state index in [1.165, 1.54) is 4.90 Å². The van der Waals surface area contributed by atoms with Gasteiger partial charge in [-0.25, -0.2) is 0 Å². The van der Waals surface area contributed by atoms with E-state index in [2.05, 4.69) is 22.5 Å². The van der Waals surface area contributed by atoms with Gasteiger partial charge >= 0.3 is 0 Å². The highest BCUT2D eigenvalue weighted by Crippen LogP contribution is 2.35. The first-order valence-electron chi connectivity index (χ1n) is 9.08. The van der Waals surface area contributed by atoms with Crippen LogP contribution in [-0.4, -0.2) is 65.8 Å². The van der Waals surface area contributed by atoms with Crippen molar-refractivity contribution in [1.29, 1.82) is 0 Å². The van der Waals surface area contributed by atoms with Crippen molar-refractivity contribution in [3.8, 4) is 5.75 Å². The molecule has 9 heteroatoms. The predicted octanol–water partition coefficient (Wildman–Crippen LogP) is 3.30. The molecule has 2 heterocycles. The number of morpholine rings is 1. The lowest BCUT2D eigenvalue weighted by atomic mass is 10.2. The van der Waals surface area contributed by atoms with Crippen LogP contribution in [0.4, 0.5) is 4.79 Å². The van der Waals surface area contributed by atoms with E-state index >= 15 is 0 Å². The molecule has 0 spiro atoms. The molecule has 2 aliphatic rings. The molecule has 0 saturated carbocycles. The highest BCUT2D eigenvalue weighted by atomic mass is 79.9. The minimum Gasteiger partial charge on any atom is -0.483 e. The van der Waals surface area contributed by atoms with Crippen LogP contribution in [-0.2, 0) is 14.3 Å². The molecule has 1 atom stereocenters. The quantitative estimate of drug-likeness (QED) is 0.459. The van der Waals surface area contributed by atoms with Gasteiger partial charge < -0.3 is 14.4 Å². The number of halogens is 1. The summed E-state index contributed by atoms with van der Waals surface area (Å²) in [5.74, 6) is 0.103. The molecule has 2 aliphatic heterocycles. The summed E-state index contributed by atoms with van der Waals surface area (Å²) in [4.78, 5) is 40.0. The van der Waals surface area contributed by atoms with Crippen LogP contribution in [0.2, 0.25) is 0 Å². The maximum atomic E-state index is 12.5. The summed E-state index contributed by atoms with van der Waals surface area (Å²) in [5, 5.41) is -0.311. The summed E-state index contributed by atoms with van der Waals surface area (Å²) in [6.45, 7) is 7.55. The van der Waals surface area contributed by atoms with Crippen LogP contribution in [0.5, 0.6) is 5.75 Å². The molecule has 0 aromatic heterocycles. The normalized spacial score (nSPS) is 19.6. The monoisotopic (exact) mass is 480 g/mol. The fraction of sp³-hybridized carbons (Fsp3) is 0.350. The summed E-state index contributed by atoms with van der Waals surface area (Å²) >= 11 is 4.34. The van der Waals surface area contributed by atoms with E-state index in [0.29, 0.717) is 41.4 Å². The summed E-state index contributed by atoms with van der Waals surface area (Å²) < 4.78 is 11.5. The van der Waals surface area contributed by atoms with Crippen LogP contribution >= 0.6 is 27.7 Å². The second-order valence-electron chi connectivity index (χ2n) is 6.50. The molecule has 2 fully saturated rings. The molecule has 7 nitrogen and oxygen atoms in total. The van der Waals surface area contributed by atoms with Crippen molar-refractivity contribution < 1.29 is 23.9 Å². The van der Waals surface area contributed by atoms with E-state index < -0.39 is 0 Å². The Kier molecular flexibility index (Phi) is 7.15. The number of carbonyl (C=O) groups excluding carboxylic acids is 3. The number of amides is 3. The van der Waals surface area contributed by atoms with Gasteiger partial charge in [0.05, 0.1) is 28.6 Å². The van der Waals surface area contributed by atoms with E-state index in [0.717, 1.165) is 17.3 Å². The Morgan fingerprint density at radius 3 is 2.76 bits per heavy atom. The van der Waals surface area contributed by atoms with Gasteiger partial charge in [-0.3, -0.25) is 19.3 Å². The highest BCUT2D eigenvalue weighted by molar-refractivity contribution is 9.10. The number of ether oxygens (including phenoxy) is 2. The zero-order valence-corrected chi connectivity index (χ0v) is 18.3. The number of hydrogen-bond acceptors (Lipinski definition) is 6. The lowest BCUT2D eigenvalue weighted by Gasteiger charge is -2.26. The number of imide groups is 1.